The molecule has 0 fully saturated rings. The molecule has 11 rings (SSSR count). The first-order valence-corrected chi connectivity index (χ1v) is 18.7. The van der Waals surface area contributed by atoms with Gasteiger partial charge >= 0.3 is 0 Å². The van der Waals surface area contributed by atoms with Crippen molar-refractivity contribution in [1.82, 2.24) is 15.0 Å². The molecule has 4 aromatic heterocycles. The van der Waals surface area contributed by atoms with Crippen LogP contribution < -0.4 is 0 Å². The fraction of sp³-hybridized carbons (Fsp3) is 0. The minimum atomic E-state index is 0.678. The number of furan rings is 2. The number of para-hydroxylation sites is 3. The summed E-state index contributed by atoms with van der Waals surface area (Å²) in [6, 6.07) is 64.1. The molecule has 0 unspecified atom stereocenters. The van der Waals surface area contributed by atoms with Gasteiger partial charge in [0.25, 0.3) is 0 Å². The molecule has 262 valence electrons. The predicted octanol–water partition coefficient (Wildman–Crippen LogP) is 13.7. The number of pyridine rings is 1. The molecule has 7 aromatic carbocycles. The third-order valence-corrected chi connectivity index (χ3v) is 10.5. The molecule has 0 aliphatic carbocycles. The second kappa shape index (κ2) is 13.0. The zero-order valence-electron chi connectivity index (χ0n) is 30.1. The summed E-state index contributed by atoms with van der Waals surface area (Å²) in [4.78, 5) is 15.3. The average molecular weight is 718 g/mol. The Hall–Kier alpha value is -7.63. The SMILES string of the molecule is c1ccc(-c2cc(-c3ccc(-c4oc5c(-c6ccccc6)nc6ccccc6c5c4-c4cccc5c4oc4ccccc45)cc3)nc(-c3ccccc3)n2)cc1. The molecule has 0 bridgehead atoms. The monoisotopic (exact) mass is 717 g/mol. The number of rotatable bonds is 6. The quantitative estimate of drug-likeness (QED) is 0.171. The number of aromatic nitrogens is 3. The van der Waals surface area contributed by atoms with Gasteiger partial charge in [-0.25, -0.2) is 15.0 Å². The van der Waals surface area contributed by atoms with E-state index in [9.17, 15) is 0 Å². The molecular formula is C51H31N3O2. The van der Waals surface area contributed by atoms with Gasteiger partial charge in [-0.2, -0.15) is 0 Å². The van der Waals surface area contributed by atoms with Crippen molar-refractivity contribution in [2.45, 2.75) is 0 Å². The van der Waals surface area contributed by atoms with Crippen LogP contribution in [0.25, 0.3) is 111 Å². The van der Waals surface area contributed by atoms with Crippen LogP contribution >= 0.6 is 0 Å². The van der Waals surface area contributed by atoms with Crippen molar-refractivity contribution < 1.29 is 8.83 Å². The summed E-state index contributed by atoms with van der Waals surface area (Å²) in [6.07, 6.45) is 0. The fourth-order valence-electron chi connectivity index (χ4n) is 7.87. The number of hydrogen-bond acceptors (Lipinski definition) is 5. The van der Waals surface area contributed by atoms with Gasteiger partial charge in [0.05, 0.1) is 16.9 Å². The second-order valence-corrected chi connectivity index (χ2v) is 13.9. The van der Waals surface area contributed by atoms with Gasteiger partial charge in [0, 0.05) is 60.5 Å². The summed E-state index contributed by atoms with van der Waals surface area (Å²) in [6.45, 7) is 0. The molecule has 5 heteroatoms. The highest BCUT2D eigenvalue weighted by Crippen LogP contribution is 2.49. The van der Waals surface area contributed by atoms with Gasteiger partial charge in [-0.05, 0) is 18.2 Å². The highest BCUT2D eigenvalue weighted by molar-refractivity contribution is 6.21. The van der Waals surface area contributed by atoms with Gasteiger partial charge in [0.1, 0.15) is 22.6 Å². The van der Waals surface area contributed by atoms with E-state index < -0.39 is 0 Å². The van der Waals surface area contributed by atoms with Crippen LogP contribution in [-0.2, 0) is 0 Å². The molecule has 5 nitrogen and oxygen atoms in total. The minimum Gasteiger partial charge on any atom is -0.455 e. The summed E-state index contributed by atoms with van der Waals surface area (Å²) >= 11 is 0. The van der Waals surface area contributed by atoms with Crippen molar-refractivity contribution in [2.75, 3.05) is 0 Å². The van der Waals surface area contributed by atoms with Crippen LogP contribution in [0.4, 0.5) is 0 Å². The van der Waals surface area contributed by atoms with Crippen LogP contribution in [0.3, 0.4) is 0 Å². The van der Waals surface area contributed by atoms with E-state index in [0.29, 0.717) is 5.82 Å². The summed E-state index contributed by atoms with van der Waals surface area (Å²) in [5.74, 6) is 1.42. The Morgan fingerprint density at radius 2 is 0.946 bits per heavy atom. The van der Waals surface area contributed by atoms with E-state index in [2.05, 4.69) is 103 Å². The minimum absolute atomic E-state index is 0.678. The molecule has 0 aliphatic heterocycles. The predicted molar refractivity (Wildman–Crippen MR) is 227 cm³/mol. The van der Waals surface area contributed by atoms with Crippen molar-refractivity contribution in [2.24, 2.45) is 0 Å². The number of benzene rings is 7. The Morgan fingerprint density at radius 3 is 1.68 bits per heavy atom. The number of hydrogen-bond donors (Lipinski definition) is 0. The molecular weight excluding hydrogens is 687 g/mol. The lowest BCUT2D eigenvalue weighted by Crippen LogP contribution is -1.95. The molecule has 0 saturated carbocycles. The molecule has 11 aromatic rings. The molecule has 0 amide bonds. The average Bonchev–Trinajstić information content (AvgIpc) is 3.87. The fourth-order valence-corrected chi connectivity index (χ4v) is 7.87. The van der Waals surface area contributed by atoms with Crippen molar-refractivity contribution >= 4 is 43.8 Å². The van der Waals surface area contributed by atoms with E-state index in [4.69, 9.17) is 23.8 Å². The first-order valence-electron chi connectivity index (χ1n) is 18.7. The molecule has 56 heavy (non-hydrogen) atoms. The highest BCUT2D eigenvalue weighted by Gasteiger charge is 2.26. The van der Waals surface area contributed by atoms with E-state index in [1.165, 1.54) is 0 Å². The largest absolute Gasteiger partial charge is 0.455 e. The van der Waals surface area contributed by atoms with Gasteiger partial charge < -0.3 is 8.83 Å². The molecule has 0 saturated heterocycles. The van der Waals surface area contributed by atoms with E-state index in [0.717, 1.165) is 106 Å². The van der Waals surface area contributed by atoms with Crippen molar-refractivity contribution in [1.29, 1.82) is 0 Å². The molecule has 0 atom stereocenters. The van der Waals surface area contributed by atoms with E-state index >= 15 is 0 Å². The molecule has 0 radical (unpaired) electrons. The van der Waals surface area contributed by atoms with Crippen molar-refractivity contribution in [3.63, 3.8) is 0 Å². The number of nitrogens with zero attached hydrogens (tertiary/aromatic N) is 3. The molecule has 0 aliphatic rings. The summed E-state index contributed by atoms with van der Waals surface area (Å²) in [7, 11) is 0. The molecule has 0 N–H and O–H groups in total. The van der Waals surface area contributed by atoms with Crippen LogP contribution in [0.1, 0.15) is 0 Å². The first kappa shape index (κ1) is 31.9. The van der Waals surface area contributed by atoms with Gasteiger partial charge in [0.15, 0.2) is 11.4 Å². The Labute approximate surface area is 322 Å². The van der Waals surface area contributed by atoms with Crippen LogP contribution in [-0.4, -0.2) is 15.0 Å². The summed E-state index contributed by atoms with van der Waals surface area (Å²) in [5.41, 5.74) is 12.6. The lowest BCUT2D eigenvalue weighted by Gasteiger charge is -2.10. The third kappa shape index (κ3) is 5.29. The van der Waals surface area contributed by atoms with E-state index in [-0.39, 0.29) is 0 Å². The standard InChI is InChI=1S/C51H31N3O2/c1-4-15-32(16-5-1)42-31-43(54-51(53-42)36-19-8-3-9-20-36)33-27-29-35(30-28-33)48-46(40-24-14-23-38-37-21-11-13-26-44(37)55-49(38)40)45-39-22-10-12-25-41(39)52-47(50(45)56-48)34-17-6-2-7-18-34/h1-31H. The zero-order chi connectivity index (χ0) is 37.0. The van der Waals surface area contributed by atoms with Gasteiger partial charge in [-0.1, -0.05) is 170 Å². The molecule has 0 spiro atoms. The Bertz CT molecular complexity index is 3170. The first-order chi connectivity index (χ1) is 27.8. The van der Waals surface area contributed by atoms with Crippen LogP contribution in [0.2, 0.25) is 0 Å². The third-order valence-electron chi connectivity index (χ3n) is 10.5. The zero-order valence-corrected chi connectivity index (χ0v) is 30.1. The van der Waals surface area contributed by atoms with Crippen molar-refractivity contribution in [3.05, 3.63) is 188 Å². The smallest absolute Gasteiger partial charge is 0.162 e. The van der Waals surface area contributed by atoms with Crippen LogP contribution in [0.5, 0.6) is 0 Å². The number of fused-ring (bicyclic) bond motifs is 6. The van der Waals surface area contributed by atoms with Crippen LogP contribution in [0, 0.1) is 0 Å². The van der Waals surface area contributed by atoms with E-state index in [1.54, 1.807) is 0 Å². The van der Waals surface area contributed by atoms with Gasteiger partial charge in [-0.15, -0.1) is 0 Å². The van der Waals surface area contributed by atoms with Gasteiger partial charge in [0.2, 0.25) is 0 Å². The highest BCUT2D eigenvalue weighted by atomic mass is 16.3. The maximum atomic E-state index is 7.13. The van der Waals surface area contributed by atoms with Crippen molar-refractivity contribution in [3.8, 4) is 67.6 Å². The molecule has 4 heterocycles. The maximum absolute atomic E-state index is 7.13. The Morgan fingerprint density at radius 1 is 0.375 bits per heavy atom. The maximum Gasteiger partial charge on any atom is 0.162 e. The Kier molecular flexibility index (Phi) is 7.42. The second-order valence-electron chi connectivity index (χ2n) is 13.9. The lowest BCUT2D eigenvalue weighted by atomic mass is 9.94. The summed E-state index contributed by atoms with van der Waals surface area (Å²) < 4.78 is 13.8. The topological polar surface area (TPSA) is 65.0 Å². The normalized spacial score (nSPS) is 11.6. The van der Waals surface area contributed by atoms with Gasteiger partial charge in [-0.3, -0.25) is 0 Å². The summed E-state index contributed by atoms with van der Waals surface area (Å²) in [5, 5.41) is 4.15. The van der Waals surface area contributed by atoms with Crippen LogP contribution in [0.15, 0.2) is 197 Å². The Balaban J connectivity index is 1.16. The van der Waals surface area contributed by atoms with E-state index in [1.807, 2.05) is 84.9 Å². The lowest BCUT2D eigenvalue weighted by molar-refractivity contribution is 0.632.